The molecule has 0 saturated carbocycles. The van der Waals surface area contributed by atoms with Gasteiger partial charge in [0, 0.05) is 20.1 Å². The van der Waals surface area contributed by atoms with E-state index >= 15 is 0 Å². The predicted molar refractivity (Wildman–Crippen MR) is 45.8 cm³/mol. The summed E-state index contributed by atoms with van der Waals surface area (Å²) in [5, 5.41) is 11.5. The Hall–Kier alpha value is -1.10. The molecule has 0 aromatic heterocycles. The summed E-state index contributed by atoms with van der Waals surface area (Å²) in [4.78, 5) is 23.6. The van der Waals surface area contributed by atoms with Crippen molar-refractivity contribution < 1.29 is 14.7 Å². The van der Waals surface area contributed by atoms with Gasteiger partial charge >= 0.3 is 0 Å². The fourth-order valence-corrected chi connectivity index (χ4v) is 1.29. The molecule has 0 aromatic rings. The zero-order valence-corrected chi connectivity index (χ0v) is 7.78. The molecule has 1 atom stereocenters. The average Bonchev–Trinajstić information content (AvgIpc) is 2.00. The Labute approximate surface area is 76.7 Å². The van der Waals surface area contributed by atoms with Gasteiger partial charge in [0.15, 0.2) is 0 Å². The minimum absolute atomic E-state index is 0.0466. The summed E-state index contributed by atoms with van der Waals surface area (Å²) in [6.45, 7) is 2.27. The first kappa shape index (κ1) is 9.98. The highest BCUT2D eigenvalue weighted by molar-refractivity contribution is 5.85. The van der Waals surface area contributed by atoms with E-state index in [2.05, 4.69) is 5.32 Å². The van der Waals surface area contributed by atoms with E-state index in [-0.39, 0.29) is 17.7 Å². The Morgan fingerprint density at radius 3 is 2.46 bits per heavy atom. The fourth-order valence-electron chi connectivity index (χ4n) is 1.29. The minimum atomic E-state index is -0.967. The zero-order chi connectivity index (χ0) is 10.0. The van der Waals surface area contributed by atoms with Crippen LogP contribution in [0.25, 0.3) is 0 Å². The normalized spacial score (nSPS) is 19.2. The van der Waals surface area contributed by atoms with Crippen LogP contribution < -0.4 is 5.32 Å². The molecule has 5 nitrogen and oxygen atoms in total. The van der Waals surface area contributed by atoms with Crippen molar-refractivity contribution >= 4 is 11.8 Å². The van der Waals surface area contributed by atoms with Crippen LogP contribution in [0.2, 0.25) is 0 Å². The first-order valence-electron chi connectivity index (χ1n) is 4.24. The minimum Gasteiger partial charge on any atom is -0.384 e. The van der Waals surface area contributed by atoms with E-state index in [0.717, 1.165) is 0 Å². The van der Waals surface area contributed by atoms with E-state index in [4.69, 9.17) is 5.11 Å². The number of nitrogens with zero attached hydrogens (tertiary/aromatic N) is 1. The van der Waals surface area contributed by atoms with Crippen LogP contribution in [-0.2, 0) is 9.59 Å². The van der Waals surface area contributed by atoms with Crippen LogP contribution in [0, 0.1) is 5.92 Å². The molecule has 13 heavy (non-hydrogen) atoms. The van der Waals surface area contributed by atoms with Gasteiger partial charge in [-0.2, -0.15) is 0 Å². The summed E-state index contributed by atoms with van der Waals surface area (Å²) in [6, 6.07) is 0. The highest BCUT2D eigenvalue weighted by Crippen LogP contribution is 2.16. The van der Waals surface area contributed by atoms with Crippen molar-refractivity contribution in [1.82, 2.24) is 10.2 Å². The second-order valence-electron chi connectivity index (χ2n) is 3.23. The standard InChI is InChI=1S/C8H14N2O3/c1-5(11)8(13)10-3-6(4-10)7(12)9-2/h5-6,11H,3-4H2,1-2H3,(H,9,12). The van der Waals surface area contributed by atoms with Gasteiger partial charge in [-0.25, -0.2) is 0 Å². The molecule has 0 radical (unpaired) electrons. The summed E-state index contributed by atoms with van der Waals surface area (Å²) < 4.78 is 0. The maximum atomic E-state index is 11.1. The lowest BCUT2D eigenvalue weighted by atomic mass is 9.98. The smallest absolute Gasteiger partial charge is 0.251 e. The number of rotatable bonds is 2. The molecule has 1 aliphatic heterocycles. The number of amides is 2. The van der Waals surface area contributed by atoms with Crippen LogP contribution in [0.15, 0.2) is 0 Å². The molecule has 0 aliphatic carbocycles. The van der Waals surface area contributed by atoms with Crippen LogP contribution in [0.4, 0.5) is 0 Å². The van der Waals surface area contributed by atoms with E-state index in [9.17, 15) is 9.59 Å². The molecule has 74 valence electrons. The van der Waals surface area contributed by atoms with E-state index in [1.807, 2.05) is 0 Å². The molecule has 2 N–H and O–H groups in total. The van der Waals surface area contributed by atoms with Crippen molar-refractivity contribution in [2.24, 2.45) is 5.92 Å². The highest BCUT2D eigenvalue weighted by Gasteiger charge is 2.36. The third-order valence-electron chi connectivity index (χ3n) is 2.17. The Balaban J connectivity index is 2.33. The largest absolute Gasteiger partial charge is 0.384 e. The maximum Gasteiger partial charge on any atom is 0.251 e. The van der Waals surface area contributed by atoms with Gasteiger partial charge in [0.2, 0.25) is 5.91 Å². The van der Waals surface area contributed by atoms with Gasteiger partial charge in [-0.05, 0) is 6.92 Å². The van der Waals surface area contributed by atoms with E-state index in [0.29, 0.717) is 13.1 Å². The molecule has 1 heterocycles. The molecule has 1 aliphatic rings. The van der Waals surface area contributed by atoms with Crippen molar-refractivity contribution in [1.29, 1.82) is 0 Å². The van der Waals surface area contributed by atoms with Gasteiger partial charge in [-0.1, -0.05) is 0 Å². The number of carbonyl (C=O) groups is 2. The summed E-state index contributed by atoms with van der Waals surface area (Å²) in [7, 11) is 1.57. The number of hydrogen-bond donors (Lipinski definition) is 2. The molecule has 1 fully saturated rings. The van der Waals surface area contributed by atoms with E-state index in [1.165, 1.54) is 11.8 Å². The van der Waals surface area contributed by atoms with Gasteiger partial charge in [0.05, 0.1) is 5.92 Å². The van der Waals surface area contributed by atoms with E-state index < -0.39 is 6.10 Å². The van der Waals surface area contributed by atoms with Gasteiger partial charge < -0.3 is 15.3 Å². The number of aliphatic hydroxyl groups excluding tert-OH is 1. The summed E-state index contributed by atoms with van der Waals surface area (Å²) in [6.07, 6.45) is -0.967. The molecule has 1 rings (SSSR count). The van der Waals surface area contributed by atoms with Crippen molar-refractivity contribution in [3.05, 3.63) is 0 Å². The van der Waals surface area contributed by atoms with Crippen molar-refractivity contribution in [2.45, 2.75) is 13.0 Å². The summed E-state index contributed by atoms with van der Waals surface area (Å²) in [5.41, 5.74) is 0. The van der Waals surface area contributed by atoms with Gasteiger partial charge in [0.25, 0.3) is 5.91 Å². The van der Waals surface area contributed by atoms with Gasteiger partial charge in [-0.3, -0.25) is 9.59 Å². The van der Waals surface area contributed by atoms with Crippen molar-refractivity contribution in [3.8, 4) is 0 Å². The summed E-state index contributed by atoms with van der Waals surface area (Å²) in [5.74, 6) is -0.456. The molecular weight excluding hydrogens is 172 g/mol. The third-order valence-corrected chi connectivity index (χ3v) is 2.17. The average molecular weight is 186 g/mol. The van der Waals surface area contributed by atoms with Crippen LogP contribution in [-0.4, -0.2) is 48.1 Å². The van der Waals surface area contributed by atoms with Gasteiger partial charge in [0.1, 0.15) is 6.10 Å². The number of carbonyl (C=O) groups excluding carboxylic acids is 2. The molecule has 5 heteroatoms. The lowest BCUT2D eigenvalue weighted by Gasteiger charge is -2.38. The Morgan fingerprint density at radius 1 is 1.54 bits per heavy atom. The second-order valence-corrected chi connectivity index (χ2v) is 3.23. The topological polar surface area (TPSA) is 69.6 Å². The quantitative estimate of drug-likeness (QED) is 0.555. The van der Waals surface area contributed by atoms with Crippen LogP contribution in [0.5, 0.6) is 0 Å². The molecule has 1 unspecified atom stereocenters. The highest BCUT2D eigenvalue weighted by atomic mass is 16.3. The first-order chi connectivity index (χ1) is 6.06. The molecular formula is C8H14N2O3. The van der Waals surface area contributed by atoms with Crippen molar-refractivity contribution in [3.63, 3.8) is 0 Å². The third kappa shape index (κ3) is 1.98. The first-order valence-corrected chi connectivity index (χ1v) is 4.24. The zero-order valence-electron chi connectivity index (χ0n) is 7.78. The number of nitrogens with one attached hydrogen (secondary N) is 1. The number of likely N-dealkylation sites (tertiary alicyclic amines) is 1. The van der Waals surface area contributed by atoms with Crippen LogP contribution in [0.3, 0.4) is 0 Å². The molecule has 2 amide bonds. The van der Waals surface area contributed by atoms with Crippen LogP contribution in [0.1, 0.15) is 6.92 Å². The molecule has 0 bridgehead atoms. The second kappa shape index (κ2) is 3.74. The predicted octanol–water partition coefficient (Wildman–Crippen LogP) is -1.43. The Morgan fingerprint density at radius 2 is 2.08 bits per heavy atom. The van der Waals surface area contributed by atoms with Crippen molar-refractivity contribution in [2.75, 3.05) is 20.1 Å². The van der Waals surface area contributed by atoms with E-state index in [1.54, 1.807) is 7.05 Å². The number of hydrogen-bond acceptors (Lipinski definition) is 3. The lowest BCUT2D eigenvalue weighted by Crippen LogP contribution is -2.57. The Kier molecular flexibility index (Phi) is 2.87. The molecule has 0 aromatic carbocycles. The SMILES string of the molecule is CNC(=O)C1CN(C(=O)C(C)O)C1. The monoisotopic (exact) mass is 186 g/mol. The molecule has 1 saturated heterocycles. The maximum absolute atomic E-state index is 11.1. The Bertz CT molecular complexity index is 221. The summed E-state index contributed by atoms with van der Waals surface area (Å²) >= 11 is 0. The molecule has 0 spiro atoms. The fraction of sp³-hybridized carbons (Fsp3) is 0.750. The van der Waals surface area contributed by atoms with Gasteiger partial charge in [-0.15, -0.1) is 0 Å². The number of aliphatic hydroxyl groups is 1. The van der Waals surface area contributed by atoms with Crippen LogP contribution >= 0.6 is 0 Å². The lowest BCUT2D eigenvalue weighted by molar-refractivity contribution is -0.149.